The smallest absolute Gasteiger partial charge is 0.340 e. The molecule has 2 heterocycles. The van der Waals surface area contributed by atoms with Crippen LogP contribution >= 0.6 is 23.4 Å². The first-order valence-electron chi connectivity index (χ1n) is 10.7. The molecule has 32 heavy (non-hydrogen) atoms. The number of hydrogen-bond acceptors (Lipinski definition) is 7. The van der Waals surface area contributed by atoms with Crippen molar-refractivity contribution in [2.24, 2.45) is 0 Å². The molecule has 2 aliphatic rings. The fourth-order valence-electron chi connectivity index (χ4n) is 3.98. The summed E-state index contributed by atoms with van der Waals surface area (Å²) in [5, 5.41) is 0.692. The zero-order valence-electron chi connectivity index (χ0n) is 17.8. The fourth-order valence-corrected chi connectivity index (χ4v) is 5.07. The monoisotopic (exact) mass is 474 g/mol. The number of benzene rings is 2. The summed E-state index contributed by atoms with van der Waals surface area (Å²) in [6.07, 6.45) is 0. The average Bonchev–Trinajstić information content (AvgIpc) is 2.83. The molecule has 2 fully saturated rings. The summed E-state index contributed by atoms with van der Waals surface area (Å²) in [6, 6.07) is 13.0. The normalized spacial score (nSPS) is 16.7. The Bertz CT molecular complexity index is 975. The van der Waals surface area contributed by atoms with Crippen molar-refractivity contribution in [2.45, 2.75) is 0 Å². The van der Waals surface area contributed by atoms with E-state index in [0.29, 0.717) is 42.5 Å². The van der Waals surface area contributed by atoms with Gasteiger partial charge in [-0.3, -0.25) is 4.79 Å². The third kappa shape index (κ3) is 5.42. The molecule has 9 heteroatoms. The standard InChI is InChI=1S/C23H27ClN4O3S/c24-17-2-1-3-19(14-17)26-6-8-28(9-7-26)22(29)16-31-23(30)20-15-18(25)4-5-21(20)27-10-12-32-13-11-27/h1-5,14-15H,6-13,16,25H2. The van der Waals surface area contributed by atoms with Gasteiger partial charge in [-0.15, -0.1) is 0 Å². The van der Waals surface area contributed by atoms with Gasteiger partial charge in [0.15, 0.2) is 6.61 Å². The fraction of sp³-hybridized carbons (Fsp3) is 0.391. The van der Waals surface area contributed by atoms with E-state index in [9.17, 15) is 9.59 Å². The van der Waals surface area contributed by atoms with E-state index in [0.717, 1.165) is 36.0 Å². The minimum Gasteiger partial charge on any atom is -0.452 e. The number of hydrogen-bond donors (Lipinski definition) is 1. The molecule has 0 saturated carbocycles. The highest BCUT2D eigenvalue weighted by atomic mass is 35.5. The highest BCUT2D eigenvalue weighted by Gasteiger charge is 2.24. The van der Waals surface area contributed by atoms with Crippen molar-refractivity contribution in [1.29, 1.82) is 0 Å². The quantitative estimate of drug-likeness (QED) is 0.527. The lowest BCUT2D eigenvalue weighted by atomic mass is 10.1. The van der Waals surface area contributed by atoms with Crippen LogP contribution in [0.2, 0.25) is 5.02 Å². The van der Waals surface area contributed by atoms with Crippen LogP contribution in [0.5, 0.6) is 0 Å². The van der Waals surface area contributed by atoms with E-state index < -0.39 is 5.97 Å². The largest absolute Gasteiger partial charge is 0.452 e. The molecule has 2 aliphatic heterocycles. The van der Waals surface area contributed by atoms with E-state index in [1.807, 2.05) is 42.1 Å². The molecule has 2 saturated heterocycles. The number of piperazine rings is 1. The first-order valence-corrected chi connectivity index (χ1v) is 12.2. The molecule has 4 rings (SSSR count). The summed E-state index contributed by atoms with van der Waals surface area (Å²) in [6.45, 7) is 3.99. The topological polar surface area (TPSA) is 79.1 Å². The van der Waals surface area contributed by atoms with Gasteiger partial charge in [-0.25, -0.2) is 4.79 Å². The Morgan fingerprint density at radius 2 is 1.72 bits per heavy atom. The maximum absolute atomic E-state index is 12.8. The number of ether oxygens (including phenoxy) is 1. The number of amides is 1. The van der Waals surface area contributed by atoms with Gasteiger partial charge in [0.25, 0.3) is 5.91 Å². The Morgan fingerprint density at radius 3 is 2.44 bits per heavy atom. The molecule has 2 aromatic rings. The number of nitrogen functional groups attached to an aromatic ring is 1. The number of nitrogens with two attached hydrogens (primary N) is 1. The van der Waals surface area contributed by atoms with Crippen LogP contribution < -0.4 is 15.5 Å². The molecule has 170 valence electrons. The molecule has 0 unspecified atom stereocenters. The van der Waals surface area contributed by atoms with Gasteiger partial charge in [0.2, 0.25) is 0 Å². The number of carbonyl (C=O) groups excluding carboxylic acids is 2. The Balaban J connectivity index is 1.33. The van der Waals surface area contributed by atoms with E-state index in [2.05, 4.69) is 9.80 Å². The highest BCUT2D eigenvalue weighted by Crippen LogP contribution is 2.27. The van der Waals surface area contributed by atoms with Crippen molar-refractivity contribution in [3.05, 3.63) is 53.1 Å². The van der Waals surface area contributed by atoms with E-state index >= 15 is 0 Å². The molecule has 0 bridgehead atoms. The lowest BCUT2D eigenvalue weighted by Crippen LogP contribution is -2.49. The first-order chi connectivity index (χ1) is 15.5. The van der Waals surface area contributed by atoms with Crippen molar-refractivity contribution in [3.63, 3.8) is 0 Å². The lowest BCUT2D eigenvalue weighted by molar-refractivity contribution is -0.134. The summed E-state index contributed by atoms with van der Waals surface area (Å²) in [7, 11) is 0. The van der Waals surface area contributed by atoms with Gasteiger partial charge in [0.05, 0.1) is 11.3 Å². The second-order valence-electron chi connectivity index (χ2n) is 7.80. The average molecular weight is 475 g/mol. The van der Waals surface area contributed by atoms with Crippen LogP contribution in [0, 0.1) is 0 Å². The Labute approximate surface area is 197 Å². The maximum atomic E-state index is 12.8. The predicted molar refractivity (Wildman–Crippen MR) is 131 cm³/mol. The summed E-state index contributed by atoms with van der Waals surface area (Å²) >= 11 is 7.98. The van der Waals surface area contributed by atoms with E-state index in [4.69, 9.17) is 22.1 Å². The van der Waals surface area contributed by atoms with Crippen LogP contribution in [0.3, 0.4) is 0 Å². The van der Waals surface area contributed by atoms with Crippen molar-refractivity contribution in [2.75, 3.05) is 72.9 Å². The minimum absolute atomic E-state index is 0.191. The minimum atomic E-state index is -0.517. The van der Waals surface area contributed by atoms with Crippen LogP contribution in [-0.2, 0) is 9.53 Å². The Hall–Kier alpha value is -2.58. The summed E-state index contributed by atoms with van der Waals surface area (Å²) in [5.41, 5.74) is 8.68. The molecule has 2 N–H and O–H groups in total. The molecule has 7 nitrogen and oxygen atoms in total. The van der Waals surface area contributed by atoms with Gasteiger partial charge in [0.1, 0.15) is 0 Å². The SMILES string of the molecule is Nc1ccc(N2CCSCC2)c(C(=O)OCC(=O)N2CCN(c3cccc(Cl)c3)CC2)c1. The molecule has 0 spiro atoms. The van der Waals surface area contributed by atoms with Crippen LogP contribution in [0.15, 0.2) is 42.5 Å². The van der Waals surface area contributed by atoms with Gasteiger partial charge in [-0.1, -0.05) is 17.7 Å². The number of anilines is 3. The van der Waals surface area contributed by atoms with E-state index in [1.54, 1.807) is 17.0 Å². The zero-order chi connectivity index (χ0) is 22.5. The number of rotatable bonds is 5. The van der Waals surface area contributed by atoms with Crippen molar-refractivity contribution >= 4 is 52.3 Å². The van der Waals surface area contributed by atoms with E-state index in [1.165, 1.54) is 0 Å². The Kier molecular flexibility index (Phi) is 7.32. The number of esters is 1. The van der Waals surface area contributed by atoms with Crippen LogP contribution in [0.25, 0.3) is 0 Å². The first kappa shape index (κ1) is 22.6. The summed E-state index contributed by atoms with van der Waals surface area (Å²) < 4.78 is 5.41. The van der Waals surface area contributed by atoms with Crippen LogP contribution in [-0.4, -0.2) is 74.2 Å². The molecular formula is C23H27ClN4O3S. The third-order valence-corrected chi connectivity index (χ3v) is 6.90. The van der Waals surface area contributed by atoms with Gasteiger partial charge < -0.3 is 25.2 Å². The van der Waals surface area contributed by atoms with Crippen molar-refractivity contribution in [3.8, 4) is 0 Å². The number of carbonyl (C=O) groups is 2. The third-order valence-electron chi connectivity index (χ3n) is 5.72. The number of halogens is 1. The van der Waals surface area contributed by atoms with Crippen LogP contribution in [0.4, 0.5) is 17.1 Å². The van der Waals surface area contributed by atoms with Gasteiger partial charge >= 0.3 is 5.97 Å². The molecule has 2 aromatic carbocycles. The summed E-state index contributed by atoms with van der Waals surface area (Å²) in [4.78, 5) is 31.6. The second-order valence-corrected chi connectivity index (χ2v) is 9.46. The summed E-state index contributed by atoms with van der Waals surface area (Å²) in [5.74, 6) is 1.32. The molecule has 0 radical (unpaired) electrons. The van der Waals surface area contributed by atoms with Crippen molar-refractivity contribution < 1.29 is 14.3 Å². The predicted octanol–water partition coefficient (Wildman–Crippen LogP) is 2.98. The Morgan fingerprint density at radius 1 is 0.969 bits per heavy atom. The van der Waals surface area contributed by atoms with Crippen LogP contribution in [0.1, 0.15) is 10.4 Å². The van der Waals surface area contributed by atoms with Crippen molar-refractivity contribution in [1.82, 2.24) is 4.90 Å². The maximum Gasteiger partial charge on any atom is 0.340 e. The van der Waals surface area contributed by atoms with Gasteiger partial charge in [0, 0.05) is 67.2 Å². The number of nitrogens with zero attached hydrogens (tertiary/aromatic N) is 3. The van der Waals surface area contributed by atoms with E-state index in [-0.39, 0.29) is 12.5 Å². The lowest BCUT2D eigenvalue weighted by Gasteiger charge is -2.36. The molecular weight excluding hydrogens is 448 g/mol. The second kappa shape index (κ2) is 10.4. The van der Waals surface area contributed by atoms with Gasteiger partial charge in [-0.2, -0.15) is 11.8 Å². The molecule has 0 atom stereocenters. The highest BCUT2D eigenvalue weighted by molar-refractivity contribution is 7.99. The molecule has 0 aliphatic carbocycles. The molecule has 0 aromatic heterocycles. The van der Waals surface area contributed by atoms with Gasteiger partial charge in [-0.05, 0) is 36.4 Å². The number of thioether (sulfide) groups is 1. The molecule has 1 amide bonds. The zero-order valence-corrected chi connectivity index (χ0v) is 19.4.